The lowest BCUT2D eigenvalue weighted by atomic mass is 10.2. The Kier molecular flexibility index (Phi) is 4.60. The van der Waals surface area contributed by atoms with Crippen molar-refractivity contribution in [3.8, 4) is 5.75 Å². The van der Waals surface area contributed by atoms with Crippen LogP contribution in [0.3, 0.4) is 0 Å². The number of fused-ring (bicyclic) bond motifs is 1. The summed E-state index contributed by atoms with van der Waals surface area (Å²) in [6.07, 6.45) is 1.81. The molecule has 0 radical (unpaired) electrons. The van der Waals surface area contributed by atoms with Gasteiger partial charge in [0.25, 0.3) is 0 Å². The number of carboxylic acids is 1. The van der Waals surface area contributed by atoms with E-state index in [0.29, 0.717) is 10.8 Å². The van der Waals surface area contributed by atoms with Crippen LogP contribution in [0.25, 0.3) is 21.3 Å². The fraction of sp³-hybridized carbons (Fsp3) is 0.0588. The van der Waals surface area contributed by atoms with Gasteiger partial charge in [0.2, 0.25) is 0 Å². The number of carbonyl (C=O) groups is 1. The van der Waals surface area contributed by atoms with Crippen LogP contribution in [0.4, 0.5) is 0 Å². The molecule has 4 nitrogen and oxygen atoms in total. The SMILES string of the molecule is O=C([O-])COc1ccc(/C=C(\Cl)c2nc3ccccc3s2)cc1. The summed E-state index contributed by atoms with van der Waals surface area (Å²) >= 11 is 7.88. The Balaban J connectivity index is 1.78. The number of benzene rings is 2. The average molecular weight is 345 g/mol. The molecule has 3 rings (SSSR count). The Morgan fingerprint density at radius 1 is 1.22 bits per heavy atom. The molecule has 0 aliphatic heterocycles. The minimum Gasteiger partial charge on any atom is -0.546 e. The standard InChI is InChI=1S/C17H12ClNO3S/c18-13(17-19-14-3-1-2-4-15(14)23-17)9-11-5-7-12(8-6-11)22-10-16(20)21/h1-9H,10H2,(H,20,21)/p-1/b13-9-. The zero-order valence-electron chi connectivity index (χ0n) is 11.9. The number of halogens is 1. The number of thiazole rings is 1. The third-order valence-corrected chi connectivity index (χ3v) is 4.50. The third-order valence-electron chi connectivity index (χ3n) is 3.03. The summed E-state index contributed by atoms with van der Waals surface area (Å²) in [7, 11) is 0. The number of rotatable bonds is 5. The van der Waals surface area contributed by atoms with Crippen LogP contribution in [0.5, 0.6) is 5.75 Å². The second-order valence-corrected chi connectivity index (χ2v) is 6.15. The summed E-state index contributed by atoms with van der Waals surface area (Å²) < 4.78 is 6.11. The van der Waals surface area contributed by atoms with E-state index in [0.717, 1.165) is 20.8 Å². The molecule has 0 aliphatic rings. The molecule has 0 unspecified atom stereocenters. The van der Waals surface area contributed by atoms with Crippen molar-refractivity contribution >= 4 is 50.2 Å². The number of hydrogen-bond donors (Lipinski definition) is 0. The summed E-state index contributed by atoms with van der Waals surface area (Å²) in [5, 5.41) is 11.7. The molecule has 2 aromatic carbocycles. The van der Waals surface area contributed by atoms with Crippen LogP contribution < -0.4 is 9.84 Å². The van der Waals surface area contributed by atoms with Gasteiger partial charge < -0.3 is 14.6 Å². The van der Waals surface area contributed by atoms with Crippen LogP contribution in [0.1, 0.15) is 10.6 Å². The van der Waals surface area contributed by atoms with Gasteiger partial charge >= 0.3 is 0 Å². The van der Waals surface area contributed by atoms with Gasteiger partial charge in [0.15, 0.2) is 0 Å². The van der Waals surface area contributed by atoms with Crippen molar-refractivity contribution in [3.05, 3.63) is 59.1 Å². The number of aromatic nitrogens is 1. The first kappa shape index (κ1) is 15.5. The van der Waals surface area contributed by atoms with E-state index in [1.54, 1.807) is 24.3 Å². The fourth-order valence-electron chi connectivity index (χ4n) is 1.98. The summed E-state index contributed by atoms with van der Waals surface area (Å²) in [6, 6.07) is 14.8. The van der Waals surface area contributed by atoms with Crippen molar-refractivity contribution in [2.75, 3.05) is 6.61 Å². The minimum atomic E-state index is -1.26. The molecule has 0 spiro atoms. The molecule has 3 aromatic rings. The van der Waals surface area contributed by atoms with Gasteiger partial charge in [-0.05, 0) is 35.9 Å². The number of aliphatic carboxylic acids is 1. The Hall–Kier alpha value is -2.37. The molecule has 6 heteroatoms. The van der Waals surface area contributed by atoms with Crippen LogP contribution in [0.2, 0.25) is 0 Å². The molecule has 1 aromatic heterocycles. The Morgan fingerprint density at radius 2 is 1.96 bits per heavy atom. The Morgan fingerprint density at radius 3 is 2.65 bits per heavy atom. The topological polar surface area (TPSA) is 62.2 Å². The van der Waals surface area contributed by atoms with Crippen molar-refractivity contribution in [2.45, 2.75) is 0 Å². The zero-order valence-corrected chi connectivity index (χ0v) is 13.4. The van der Waals surface area contributed by atoms with Gasteiger partial charge in [-0.25, -0.2) is 4.98 Å². The Bertz CT molecular complexity index is 838. The second-order valence-electron chi connectivity index (χ2n) is 4.71. The molecule has 0 N–H and O–H groups in total. The first-order valence-electron chi connectivity index (χ1n) is 6.78. The summed E-state index contributed by atoms with van der Waals surface area (Å²) in [4.78, 5) is 14.8. The molecular weight excluding hydrogens is 334 g/mol. The van der Waals surface area contributed by atoms with Crippen molar-refractivity contribution in [3.63, 3.8) is 0 Å². The van der Waals surface area contributed by atoms with E-state index >= 15 is 0 Å². The maximum Gasteiger partial charge on any atom is 0.136 e. The number of carbonyl (C=O) groups excluding carboxylic acids is 1. The van der Waals surface area contributed by atoms with Crippen LogP contribution in [-0.4, -0.2) is 17.6 Å². The monoisotopic (exact) mass is 344 g/mol. The molecule has 0 saturated carbocycles. The number of carboxylic acid groups (broad SMARTS) is 1. The van der Waals surface area contributed by atoms with E-state index < -0.39 is 12.6 Å². The molecule has 0 bridgehead atoms. The van der Waals surface area contributed by atoms with Gasteiger partial charge in [-0.3, -0.25) is 0 Å². The molecule has 23 heavy (non-hydrogen) atoms. The summed E-state index contributed by atoms with van der Waals surface area (Å²) in [5.41, 5.74) is 1.79. The highest BCUT2D eigenvalue weighted by Crippen LogP contribution is 2.30. The van der Waals surface area contributed by atoms with E-state index in [1.807, 2.05) is 30.3 Å². The smallest absolute Gasteiger partial charge is 0.136 e. The molecule has 0 aliphatic carbocycles. The predicted octanol–water partition coefficient (Wildman–Crippen LogP) is 3.16. The van der Waals surface area contributed by atoms with Gasteiger partial charge in [-0.15, -0.1) is 11.3 Å². The largest absolute Gasteiger partial charge is 0.546 e. The first-order valence-corrected chi connectivity index (χ1v) is 7.97. The van der Waals surface area contributed by atoms with Crippen molar-refractivity contribution in [1.29, 1.82) is 0 Å². The van der Waals surface area contributed by atoms with Crippen molar-refractivity contribution in [1.82, 2.24) is 4.98 Å². The lowest BCUT2D eigenvalue weighted by molar-refractivity contribution is -0.307. The van der Waals surface area contributed by atoms with Crippen LogP contribution in [0.15, 0.2) is 48.5 Å². The second kappa shape index (κ2) is 6.81. The third kappa shape index (κ3) is 3.88. The lowest BCUT2D eigenvalue weighted by Crippen LogP contribution is -2.28. The minimum absolute atomic E-state index is 0.461. The van der Waals surface area contributed by atoms with Gasteiger partial charge in [0.1, 0.15) is 17.4 Å². The molecule has 0 atom stereocenters. The molecule has 0 saturated heterocycles. The van der Waals surface area contributed by atoms with Gasteiger partial charge in [0.05, 0.1) is 21.2 Å². The first-order chi connectivity index (χ1) is 11.1. The number of para-hydroxylation sites is 1. The number of hydrogen-bond acceptors (Lipinski definition) is 5. The predicted molar refractivity (Wildman–Crippen MR) is 90.3 cm³/mol. The summed E-state index contributed by atoms with van der Waals surface area (Å²) in [5.74, 6) is -0.796. The summed E-state index contributed by atoms with van der Waals surface area (Å²) in [6.45, 7) is -0.471. The van der Waals surface area contributed by atoms with Gasteiger partial charge in [-0.2, -0.15) is 0 Å². The highest BCUT2D eigenvalue weighted by molar-refractivity contribution is 7.20. The highest BCUT2D eigenvalue weighted by Gasteiger charge is 2.06. The van der Waals surface area contributed by atoms with E-state index in [2.05, 4.69) is 4.98 Å². The molecular formula is C17H11ClNO3S-. The van der Waals surface area contributed by atoms with Crippen LogP contribution in [-0.2, 0) is 4.79 Å². The quantitative estimate of drug-likeness (QED) is 0.713. The highest BCUT2D eigenvalue weighted by atomic mass is 35.5. The van der Waals surface area contributed by atoms with E-state index in [4.69, 9.17) is 16.3 Å². The van der Waals surface area contributed by atoms with E-state index in [1.165, 1.54) is 11.3 Å². The maximum atomic E-state index is 10.3. The molecule has 0 amide bonds. The van der Waals surface area contributed by atoms with E-state index in [9.17, 15) is 9.90 Å². The number of nitrogens with zero attached hydrogens (tertiary/aromatic N) is 1. The molecule has 1 heterocycles. The molecule has 116 valence electrons. The average Bonchev–Trinajstić information content (AvgIpc) is 2.98. The van der Waals surface area contributed by atoms with Crippen molar-refractivity contribution in [2.24, 2.45) is 0 Å². The van der Waals surface area contributed by atoms with E-state index in [-0.39, 0.29) is 0 Å². The van der Waals surface area contributed by atoms with Crippen LogP contribution >= 0.6 is 22.9 Å². The zero-order chi connectivity index (χ0) is 16.2. The Labute approximate surface area is 141 Å². The maximum absolute atomic E-state index is 10.3. The molecule has 0 fully saturated rings. The van der Waals surface area contributed by atoms with Gasteiger partial charge in [0, 0.05) is 0 Å². The number of ether oxygens (including phenoxy) is 1. The fourth-order valence-corrected chi connectivity index (χ4v) is 3.14. The lowest BCUT2D eigenvalue weighted by Gasteiger charge is -2.06. The van der Waals surface area contributed by atoms with Crippen LogP contribution in [0, 0.1) is 0 Å². The van der Waals surface area contributed by atoms with Gasteiger partial charge in [-0.1, -0.05) is 35.9 Å². The van der Waals surface area contributed by atoms with Crippen molar-refractivity contribution < 1.29 is 14.6 Å². The normalized spacial score (nSPS) is 11.6.